The second-order valence-electron chi connectivity index (χ2n) is 6.39. The standard InChI is InChI=1S/C19H26N4O2S.HI/c1-4-20-19(22-10-15-11-26-18(23-15)13(2)3)21-8-7-14-5-6-16-17(9-14)25-12-24-16;/h5-6,9,11,13H,4,7-8,10,12H2,1-3H3,(H2,20,21,22);1H. The highest BCUT2D eigenvalue weighted by atomic mass is 127. The summed E-state index contributed by atoms with van der Waals surface area (Å²) in [5, 5.41) is 9.91. The van der Waals surface area contributed by atoms with Gasteiger partial charge in [-0.2, -0.15) is 0 Å². The molecule has 27 heavy (non-hydrogen) atoms. The first-order valence-corrected chi connectivity index (χ1v) is 9.88. The first-order valence-electron chi connectivity index (χ1n) is 9.00. The Balaban J connectivity index is 0.00000261. The Morgan fingerprint density at radius 3 is 2.81 bits per heavy atom. The molecule has 1 aliphatic heterocycles. The molecule has 0 bridgehead atoms. The lowest BCUT2D eigenvalue weighted by Gasteiger charge is -2.11. The van der Waals surface area contributed by atoms with Crippen LogP contribution in [0.3, 0.4) is 0 Å². The van der Waals surface area contributed by atoms with E-state index in [0.717, 1.165) is 47.7 Å². The van der Waals surface area contributed by atoms with E-state index in [-0.39, 0.29) is 24.0 Å². The Morgan fingerprint density at radius 2 is 2.07 bits per heavy atom. The topological polar surface area (TPSA) is 67.8 Å². The van der Waals surface area contributed by atoms with Crippen molar-refractivity contribution in [1.82, 2.24) is 15.6 Å². The Hall–Kier alpha value is -1.55. The molecule has 0 atom stereocenters. The fourth-order valence-electron chi connectivity index (χ4n) is 2.58. The lowest BCUT2D eigenvalue weighted by Crippen LogP contribution is -2.38. The van der Waals surface area contributed by atoms with Crippen LogP contribution in [0.1, 0.15) is 43.0 Å². The minimum Gasteiger partial charge on any atom is -0.454 e. The van der Waals surface area contributed by atoms with E-state index in [1.54, 1.807) is 11.3 Å². The molecule has 1 aromatic carbocycles. The van der Waals surface area contributed by atoms with Gasteiger partial charge in [-0.3, -0.25) is 0 Å². The van der Waals surface area contributed by atoms with Crippen LogP contribution in [0.5, 0.6) is 11.5 Å². The second-order valence-corrected chi connectivity index (χ2v) is 7.28. The molecule has 1 aromatic heterocycles. The summed E-state index contributed by atoms with van der Waals surface area (Å²) in [4.78, 5) is 9.27. The third-order valence-corrected chi connectivity index (χ3v) is 5.14. The summed E-state index contributed by atoms with van der Waals surface area (Å²) in [5.41, 5.74) is 2.23. The minimum atomic E-state index is 0. The van der Waals surface area contributed by atoms with Crippen LogP contribution in [0.15, 0.2) is 28.6 Å². The molecular weight excluding hydrogens is 475 g/mol. The number of aliphatic imine (C=N–C) groups is 1. The quantitative estimate of drug-likeness (QED) is 0.342. The van der Waals surface area contributed by atoms with E-state index in [4.69, 9.17) is 9.47 Å². The molecule has 0 saturated heterocycles. The van der Waals surface area contributed by atoms with E-state index in [0.29, 0.717) is 19.3 Å². The van der Waals surface area contributed by atoms with Gasteiger partial charge in [-0.05, 0) is 31.0 Å². The van der Waals surface area contributed by atoms with Crippen molar-refractivity contribution >= 4 is 41.3 Å². The number of rotatable bonds is 7. The SMILES string of the molecule is CCNC(=NCc1csc(C(C)C)n1)NCCc1ccc2c(c1)OCO2.I. The van der Waals surface area contributed by atoms with Gasteiger partial charge in [0.05, 0.1) is 17.2 Å². The smallest absolute Gasteiger partial charge is 0.231 e. The number of ether oxygens (including phenoxy) is 2. The van der Waals surface area contributed by atoms with Gasteiger partial charge in [0, 0.05) is 24.4 Å². The largest absolute Gasteiger partial charge is 0.454 e. The predicted octanol–water partition coefficient (Wildman–Crippen LogP) is 3.91. The molecule has 0 unspecified atom stereocenters. The number of guanidine groups is 1. The van der Waals surface area contributed by atoms with Gasteiger partial charge in [-0.15, -0.1) is 35.3 Å². The molecule has 0 aliphatic carbocycles. The summed E-state index contributed by atoms with van der Waals surface area (Å²) in [6, 6.07) is 6.07. The van der Waals surface area contributed by atoms with Crippen LogP contribution >= 0.6 is 35.3 Å². The molecule has 0 fully saturated rings. The zero-order chi connectivity index (χ0) is 18.4. The van der Waals surface area contributed by atoms with Gasteiger partial charge < -0.3 is 20.1 Å². The van der Waals surface area contributed by atoms with Crippen molar-refractivity contribution in [3.8, 4) is 11.5 Å². The van der Waals surface area contributed by atoms with Crippen molar-refractivity contribution in [1.29, 1.82) is 0 Å². The fraction of sp³-hybridized carbons (Fsp3) is 0.474. The molecule has 6 nitrogen and oxygen atoms in total. The van der Waals surface area contributed by atoms with Crippen LogP contribution in [-0.2, 0) is 13.0 Å². The molecular formula is C19H27IN4O2S. The molecule has 0 saturated carbocycles. The molecule has 8 heteroatoms. The van der Waals surface area contributed by atoms with Gasteiger partial charge in [0.1, 0.15) is 0 Å². The zero-order valence-electron chi connectivity index (χ0n) is 15.9. The molecule has 0 radical (unpaired) electrons. The van der Waals surface area contributed by atoms with Gasteiger partial charge in [-0.1, -0.05) is 19.9 Å². The number of nitrogens with one attached hydrogen (secondary N) is 2. The molecule has 3 rings (SSSR count). The lowest BCUT2D eigenvalue weighted by molar-refractivity contribution is 0.174. The number of halogens is 1. The van der Waals surface area contributed by atoms with E-state index in [9.17, 15) is 0 Å². The number of aromatic nitrogens is 1. The first-order chi connectivity index (χ1) is 12.7. The monoisotopic (exact) mass is 502 g/mol. The van der Waals surface area contributed by atoms with E-state index in [2.05, 4.69) is 52.8 Å². The average Bonchev–Trinajstić information content (AvgIpc) is 3.28. The van der Waals surface area contributed by atoms with Crippen molar-refractivity contribution in [2.45, 2.75) is 39.7 Å². The maximum atomic E-state index is 5.43. The van der Waals surface area contributed by atoms with E-state index in [1.165, 1.54) is 5.56 Å². The highest BCUT2D eigenvalue weighted by Gasteiger charge is 2.13. The Labute approximate surface area is 181 Å². The molecule has 1 aliphatic rings. The minimum absolute atomic E-state index is 0. The molecule has 0 amide bonds. The number of hydrogen-bond donors (Lipinski definition) is 2. The van der Waals surface area contributed by atoms with Crippen LogP contribution in [-0.4, -0.2) is 30.8 Å². The fourth-order valence-corrected chi connectivity index (χ4v) is 3.41. The van der Waals surface area contributed by atoms with Crippen molar-refractivity contribution in [3.63, 3.8) is 0 Å². The molecule has 0 spiro atoms. The normalized spacial score (nSPS) is 12.8. The zero-order valence-corrected chi connectivity index (χ0v) is 19.1. The summed E-state index contributed by atoms with van der Waals surface area (Å²) in [5.74, 6) is 2.92. The van der Waals surface area contributed by atoms with Gasteiger partial charge in [-0.25, -0.2) is 9.98 Å². The average molecular weight is 502 g/mol. The van der Waals surface area contributed by atoms with Gasteiger partial charge >= 0.3 is 0 Å². The maximum Gasteiger partial charge on any atom is 0.231 e. The molecule has 2 heterocycles. The third kappa shape index (κ3) is 6.24. The summed E-state index contributed by atoms with van der Waals surface area (Å²) < 4.78 is 10.8. The highest BCUT2D eigenvalue weighted by Crippen LogP contribution is 2.32. The van der Waals surface area contributed by atoms with E-state index >= 15 is 0 Å². The summed E-state index contributed by atoms with van der Waals surface area (Å²) >= 11 is 1.70. The maximum absolute atomic E-state index is 5.43. The van der Waals surface area contributed by atoms with Gasteiger partial charge in [0.2, 0.25) is 6.79 Å². The van der Waals surface area contributed by atoms with E-state index < -0.39 is 0 Å². The van der Waals surface area contributed by atoms with Crippen LogP contribution in [0.2, 0.25) is 0 Å². The van der Waals surface area contributed by atoms with Crippen LogP contribution in [0.25, 0.3) is 0 Å². The summed E-state index contributed by atoms with van der Waals surface area (Å²) in [6.07, 6.45) is 0.884. The number of nitrogens with zero attached hydrogens (tertiary/aromatic N) is 2. The Kier molecular flexibility index (Phi) is 8.62. The van der Waals surface area contributed by atoms with Crippen LogP contribution < -0.4 is 20.1 Å². The number of hydrogen-bond acceptors (Lipinski definition) is 5. The summed E-state index contributed by atoms with van der Waals surface area (Å²) in [7, 11) is 0. The van der Waals surface area contributed by atoms with E-state index in [1.807, 2.05) is 12.1 Å². The molecule has 148 valence electrons. The third-order valence-electron chi connectivity index (χ3n) is 3.95. The number of fused-ring (bicyclic) bond motifs is 1. The van der Waals surface area contributed by atoms with Crippen molar-refractivity contribution in [3.05, 3.63) is 39.8 Å². The first kappa shape index (κ1) is 21.7. The number of thiazole rings is 1. The predicted molar refractivity (Wildman–Crippen MR) is 121 cm³/mol. The number of benzene rings is 1. The summed E-state index contributed by atoms with van der Waals surface area (Å²) in [6.45, 7) is 8.89. The molecule has 2 N–H and O–H groups in total. The Bertz CT molecular complexity index is 764. The second kappa shape index (κ2) is 10.7. The Morgan fingerprint density at radius 1 is 1.26 bits per heavy atom. The van der Waals surface area contributed by atoms with Crippen molar-refractivity contribution < 1.29 is 9.47 Å². The highest BCUT2D eigenvalue weighted by molar-refractivity contribution is 14.0. The lowest BCUT2D eigenvalue weighted by atomic mass is 10.1. The van der Waals surface area contributed by atoms with Crippen molar-refractivity contribution in [2.75, 3.05) is 19.9 Å². The van der Waals surface area contributed by atoms with Crippen LogP contribution in [0.4, 0.5) is 0 Å². The van der Waals surface area contributed by atoms with Crippen LogP contribution in [0, 0.1) is 0 Å². The molecule has 2 aromatic rings. The van der Waals surface area contributed by atoms with Gasteiger partial charge in [0.15, 0.2) is 17.5 Å². The van der Waals surface area contributed by atoms with Gasteiger partial charge in [0.25, 0.3) is 0 Å². The van der Waals surface area contributed by atoms with Crippen molar-refractivity contribution in [2.24, 2.45) is 4.99 Å².